The van der Waals surface area contributed by atoms with E-state index in [0.717, 1.165) is 5.92 Å². The largest absolute Gasteiger partial charge is 0.363 e. The molecule has 2 spiro atoms. The molecule has 1 heteroatoms. The molecule has 0 amide bonds. The summed E-state index contributed by atoms with van der Waals surface area (Å²) in [5.41, 5.74) is 1.32. The van der Waals surface area contributed by atoms with Gasteiger partial charge in [-0.3, -0.25) is 0 Å². The van der Waals surface area contributed by atoms with E-state index in [2.05, 4.69) is 20.8 Å². The molecule has 14 heavy (non-hydrogen) atoms. The summed E-state index contributed by atoms with van der Waals surface area (Å²) in [6, 6.07) is 0. The van der Waals surface area contributed by atoms with E-state index in [4.69, 9.17) is 4.74 Å². The van der Waals surface area contributed by atoms with E-state index >= 15 is 0 Å². The number of epoxide rings is 1. The maximum Gasteiger partial charge on any atom is 0.0982 e. The Morgan fingerprint density at radius 1 is 0.929 bits per heavy atom. The minimum Gasteiger partial charge on any atom is -0.363 e. The molecule has 3 rings (SSSR count). The van der Waals surface area contributed by atoms with Crippen LogP contribution in [0.5, 0.6) is 0 Å². The first kappa shape index (κ1) is 9.21. The highest BCUT2D eigenvalue weighted by Crippen LogP contribution is 2.70. The van der Waals surface area contributed by atoms with Gasteiger partial charge < -0.3 is 4.74 Å². The van der Waals surface area contributed by atoms with Crippen molar-refractivity contribution in [1.29, 1.82) is 0 Å². The summed E-state index contributed by atoms with van der Waals surface area (Å²) in [5, 5.41) is 0. The van der Waals surface area contributed by atoms with Crippen LogP contribution < -0.4 is 0 Å². The third kappa shape index (κ3) is 1.11. The molecule has 1 heterocycles. The predicted octanol–water partition coefficient (Wildman–Crippen LogP) is 3.52. The van der Waals surface area contributed by atoms with Gasteiger partial charge in [0.2, 0.25) is 0 Å². The van der Waals surface area contributed by atoms with Crippen molar-refractivity contribution >= 4 is 0 Å². The van der Waals surface area contributed by atoms with Crippen LogP contribution in [0, 0.1) is 11.3 Å². The Morgan fingerprint density at radius 3 is 1.79 bits per heavy atom. The van der Waals surface area contributed by atoms with Gasteiger partial charge in [0.05, 0.1) is 11.2 Å². The topological polar surface area (TPSA) is 12.5 Å². The Morgan fingerprint density at radius 2 is 1.43 bits per heavy atom. The van der Waals surface area contributed by atoms with Gasteiger partial charge in [-0.1, -0.05) is 20.8 Å². The van der Waals surface area contributed by atoms with Gasteiger partial charge in [-0.2, -0.15) is 0 Å². The summed E-state index contributed by atoms with van der Waals surface area (Å²) in [6.07, 6.45) is 8.18. The lowest BCUT2D eigenvalue weighted by molar-refractivity contribution is 0.124. The van der Waals surface area contributed by atoms with Crippen LogP contribution >= 0.6 is 0 Å². The standard InChI is InChI=1S/C13H22O/c1-11(2,3)10-4-6-12(7-5-10)13(14-12)8-9-13/h10H,4-9H2,1-3H3. The molecule has 0 unspecified atom stereocenters. The molecule has 80 valence electrons. The van der Waals surface area contributed by atoms with Crippen LogP contribution in [-0.2, 0) is 4.74 Å². The number of fused-ring (bicyclic) bond motifs is 1. The van der Waals surface area contributed by atoms with Crippen molar-refractivity contribution in [3.63, 3.8) is 0 Å². The molecule has 0 aromatic rings. The summed E-state index contributed by atoms with van der Waals surface area (Å²) in [5.74, 6) is 0.924. The first-order valence-corrected chi connectivity index (χ1v) is 6.18. The Kier molecular flexibility index (Phi) is 1.56. The van der Waals surface area contributed by atoms with E-state index in [0.29, 0.717) is 16.6 Å². The fraction of sp³-hybridized carbons (Fsp3) is 1.00. The quantitative estimate of drug-likeness (QED) is 0.537. The van der Waals surface area contributed by atoms with E-state index in [1.54, 1.807) is 0 Å². The SMILES string of the molecule is CC(C)(C)C1CCC2(CC1)OC21CC1. The van der Waals surface area contributed by atoms with Gasteiger partial charge in [-0.05, 0) is 49.9 Å². The number of ether oxygens (including phenoxy) is 1. The van der Waals surface area contributed by atoms with E-state index in [-0.39, 0.29) is 0 Å². The Bertz CT molecular complexity index is 249. The second kappa shape index (κ2) is 2.37. The fourth-order valence-corrected chi connectivity index (χ4v) is 3.53. The molecule has 0 aromatic carbocycles. The van der Waals surface area contributed by atoms with Crippen LogP contribution in [0.25, 0.3) is 0 Å². The van der Waals surface area contributed by atoms with Crippen molar-refractivity contribution in [2.75, 3.05) is 0 Å². The lowest BCUT2D eigenvalue weighted by Crippen LogP contribution is -2.31. The molecule has 1 nitrogen and oxygen atoms in total. The first-order valence-electron chi connectivity index (χ1n) is 6.18. The van der Waals surface area contributed by atoms with Gasteiger partial charge in [0.1, 0.15) is 0 Å². The average Bonchev–Trinajstić information content (AvgIpc) is 2.95. The molecule has 0 atom stereocenters. The summed E-state index contributed by atoms with van der Waals surface area (Å²) < 4.78 is 6.00. The van der Waals surface area contributed by atoms with Crippen LogP contribution in [0.15, 0.2) is 0 Å². The van der Waals surface area contributed by atoms with Gasteiger partial charge in [0.15, 0.2) is 0 Å². The molecule has 0 bridgehead atoms. The van der Waals surface area contributed by atoms with Crippen LogP contribution in [0.3, 0.4) is 0 Å². The third-order valence-corrected chi connectivity index (χ3v) is 4.90. The highest BCUT2D eigenvalue weighted by atomic mass is 16.6. The maximum atomic E-state index is 6.00. The Labute approximate surface area is 87.2 Å². The molecule has 2 saturated carbocycles. The van der Waals surface area contributed by atoms with Gasteiger partial charge in [0, 0.05) is 0 Å². The fourth-order valence-electron chi connectivity index (χ4n) is 3.53. The van der Waals surface area contributed by atoms with Crippen molar-refractivity contribution in [3.8, 4) is 0 Å². The maximum absolute atomic E-state index is 6.00. The average molecular weight is 194 g/mol. The zero-order valence-electron chi connectivity index (χ0n) is 9.73. The van der Waals surface area contributed by atoms with E-state index in [1.807, 2.05) is 0 Å². The first-order chi connectivity index (χ1) is 6.48. The molecule has 3 aliphatic rings. The zero-order valence-corrected chi connectivity index (χ0v) is 9.73. The second-order valence-corrected chi connectivity index (χ2v) is 6.73. The Balaban J connectivity index is 1.63. The summed E-state index contributed by atoms with van der Waals surface area (Å²) in [4.78, 5) is 0. The van der Waals surface area contributed by atoms with Crippen LogP contribution in [0.1, 0.15) is 59.3 Å². The monoisotopic (exact) mass is 194 g/mol. The van der Waals surface area contributed by atoms with Crippen LogP contribution in [-0.4, -0.2) is 11.2 Å². The second-order valence-electron chi connectivity index (χ2n) is 6.73. The Hall–Kier alpha value is -0.0400. The van der Waals surface area contributed by atoms with Crippen molar-refractivity contribution in [1.82, 2.24) is 0 Å². The lowest BCUT2D eigenvalue weighted by Gasteiger charge is -2.36. The number of hydrogen-bond acceptors (Lipinski definition) is 1. The molecular weight excluding hydrogens is 172 g/mol. The minimum atomic E-state index is 0.384. The molecule has 0 N–H and O–H groups in total. The van der Waals surface area contributed by atoms with Gasteiger partial charge in [0.25, 0.3) is 0 Å². The highest BCUT2D eigenvalue weighted by molar-refractivity contribution is 5.25. The molecule has 2 aliphatic carbocycles. The van der Waals surface area contributed by atoms with Crippen molar-refractivity contribution in [2.24, 2.45) is 11.3 Å². The van der Waals surface area contributed by atoms with Gasteiger partial charge >= 0.3 is 0 Å². The zero-order chi connectivity index (χ0) is 10.0. The summed E-state index contributed by atoms with van der Waals surface area (Å²) in [7, 11) is 0. The van der Waals surface area contributed by atoms with Crippen LogP contribution in [0.4, 0.5) is 0 Å². The summed E-state index contributed by atoms with van der Waals surface area (Å²) in [6.45, 7) is 7.16. The van der Waals surface area contributed by atoms with E-state index < -0.39 is 0 Å². The highest BCUT2D eigenvalue weighted by Gasteiger charge is 2.76. The third-order valence-electron chi connectivity index (χ3n) is 4.90. The van der Waals surface area contributed by atoms with Gasteiger partial charge in [-0.15, -0.1) is 0 Å². The molecule has 0 radical (unpaired) electrons. The lowest BCUT2D eigenvalue weighted by atomic mass is 9.69. The normalized spacial score (nSPS) is 44.4. The minimum absolute atomic E-state index is 0.384. The predicted molar refractivity (Wildman–Crippen MR) is 57.2 cm³/mol. The van der Waals surface area contributed by atoms with E-state index in [9.17, 15) is 0 Å². The van der Waals surface area contributed by atoms with Crippen molar-refractivity contribution < 1.29 is 4.74 Å². The van der Waals surface area contributed by atoms with Gasteiger partial charge in [-0.25, -0.2) is 0 Å². The molecule has 0 aromatic heterocycles. The van der Waals surface area contributed by atoms with E-state index in [1.165, 1.54) is 38.5 Å². The smallest absolute Gasteiger partial charge is 0.0982 e. The molecule has 1 aliphatic heterocycles. The molecule has 3 fully saturated rings. The van der Waals surface area contributed by atoms with Crippen molar-refractivity contribution in [2.45, 2.75) is 70.5 Å². The van der Waals surface area contributed by atoms with Crippen molar-refractivity contribution in [3.05, 3.63) is 0 Å². The molecular formula is C13H22O. The number of hydrogen-bond donors (Lipinski definition) is 0. The van der Waals surface area contributed by atoms with Crippen LogP contribution in [0.2, 0.25) is 0 Å². The summed E-state index contributed by atoms with van der Waals surface area (Å²) >= 11 is 0. The molecule has 1 saturated heterocycles. The number of rotatable bonds is 0.